The first-order valence-corrected chi connectivity index (χ1v) is 7.89. The van der Waals surface area contributed by atoms with Crippen molar-refractivity contribution in [2.24, 2.45) is 0 Å². The molecule has 0 fully saturated rings. The summed E-state index contributed by atoms with van der Waals surface area (Å²) in [7, 11) is 0. The van der Waals surface area contributed by atoms with Gasteiger partial charge >= 0.3 is 0 Å². The third-order valence-electron chi connectivity index (χ3n) is 3.32. The first-order valence-electron chi connectivity index (χ1n) is 7.89. The highest BCUT2D eigenvalue weighted by Crippen LogP contribution is 2.15. The van der Waals surface area contributed by atoms with Gasteiger partial charge in [0.1, 0.15) is 0 Å². The molecule has 2 N–H and O–H groups in total. The van der Waals surface area contributed by atoms with Crippen molar-refractivity contribution < 1.29 is 0 Å². The Morgan fingerprint density at radius 3 is 2.33 bits per heavy atom. The van der Waals surface area contributed by atoms with Crippen molar-refractivity contribution in [2.75, 3.05) is 11.9 Å². The molecule has 1 aromatic carbocycles. The van der Waals surface area contributed by atoms with Crippen molar-refractivity contribution in [3.05, 3.63) is 54.3 Å². The number of aryl methyl sites for hydroxylation is 1. The van der Waals surface area contributed by atoms with Gasteiger partial charge in [-0.1, -0.05) is 38.1 Å². The molecule has 116 valence electrons. The second-order valence-corrected chi connectivity index (χ2v) is 6.09. The minimum atomic E-state index is 0.554. The molecule has 0 radical (unpaired) electrons. The van der Waals surface area contributed by atoms with Crippen LogP contribution in [0.4, 0.5) is 5.69 Å². The molecule has 0 spiro atoms. The monoisotopic (exact) mass is 286 g/mol. The van der Waals surface area contributed by atoms with Crippen LogP contribution in [0.3, 0.4) is 0 Å². The van der Waals surface area contributed by atoms with Crippen molar-refractivity contribution >= 4 is 5.69 Å². The standard InChI is InChI=1S/C19H30N2/c1-15(2)8-9-18-10-12-19(13-11-18)21-17(5)7-6-14-20-16(3)4/h10-13,16,20-21H,1,5-9,14H2,2-4H3. The Morgan fingerprint density at radius 2 is 1.76 bits per heavy atom. The van der Waals surface area contributed by atoms with Gasteiger partial charge in [-0.3, -0.25) is 0 Å². The van der Waals surface area contributed by atoms with E-state index in [1.165, 1.54) is 11.1 Å². The van der Waals surface area contributed by atoms with Crippen molar-refractivity contribution in [2.45, 2.75) is 52.5 Å². The van der Waals surface area contributed by atoms with E-state index in [2.05, 4.69) is 68.8 Å². The molecule has 0 bridgehead atoms. The van der Waals surface area contributed by atoms with E-state index in [0.29, 0.717) is 6.04 Å². The average molecular weight is 286 g/mol. The van der Waals surface area contributed by atoms with Crippen LogP contribution in [0.1, 0.15) is 45.6 Å². The van der Waals surface area contributed by atoms with Crippen molar-refractivity contribution in [3.63, 3.8) is 0 Å². The lowest BCUT2D eigenvalue weighted by Crippen LogP contribution is -2.23. The van der Waals surface area contributed by atoms with Gasteiger partial charge < -0.3 is 10.6 Å². The van der Waals surface area contributed by atoms with E-state index in [9.17, 15) is 0 Å². The molecule has 0 heterocycles. The Bertz CT molecular complexity index is 443. The highest BCUT2D eigenvalue weighted by atomic mass is 14.9. The summed E-state index contributed by atoms with van der Waals surface area (Å²) in [5, 5.41) is 6.80. The predicted octanol–water partition coefficient (Wildman–Crippen LogP) is 4.90. The number of hydrogen-bond donors (Lipinski definition) is 2. The second-order valence-electron chi connectivity index (χ2n) is 6.09. The number of hydrogen-bond acceptors (Lipinski definition) is 2. The SMILES string of the molecule is C=C(C)CCc1ccc(NC(=C)CCCNC(C)C)cc1. The number of allylic oxidation sites excluding steroid dienone is 2. The molecule has 0 aromatic heterocycles. The third kappa shape index (κ3) is 8.36. The van der Waals surface area contributed by atoms with E-state index in [-0.39, 0.29) is 0 Å². The molecule has 1 aromatic rings. The minimum Gasteiger partial charge on any atom is -0.359 e. The Hall–Kier alpha value is -1.54. The largest absolute Gasteiger partial charge is 0.359 e. The molecule has 0 amide bonds. The van der Waals surface area contributed by atoms with Crippen LogP contribution in [0, 0.1) is 0 Å². The quantitative estimate of drug-likeness (QED) is 0.472. The van der Waals surface area contributed by atoms with Crippen molar-refractivity contribution in [1.82, 2.24) is 5.32 Å². The van der Waals surface area contributed by atoms with Crippen LogP contribution in [-0.4, -0.2) is 12.6 Å². The van der Waals surface area contributed by atoms with Crippen LogP contribution < -0.4 is 10.6 Å². The fraction of sp³-hybridized carbons (Fsp3) is 0.474. The summed E-state index contributed by atoms with van der Waals surface area (Å²) in [6.45, 7) is 15.5. The zero-order valence-electron chi connectivity index (χ0n) is 13.8. The fourth-order valence-corrected chi connectivity index (χ4v) is 2.07. The van der Waals surface area contributed by atoms with Gasteiger partial charge in [-0.05, 0) is 56.8 Å². The maximum atomic E-state index is 4.10. The summed E-state index contributed by atoms with van der Waals surface area (Å²) in [6.07, 6.45) is 4.23. The molecule has 1 rings (SSSR count). The topological polar surface area (TPSA) is 24.1 Å². The fourth-order valence-electron chi connectivity index (χ4n) is 2.07. The Labute approximate surface area is 130 Å². The molecular weight excluding hydrogens is 256 g/mol. The van der Waals surface area contributed by atoms with E-state index < -0.39 is 0 Å². The summed E-state index contributed by atoms with van der Waals surface area (Å²) in [6, 6.07) is 9.17. The predicted molar refractivity (Wildman–Crippen MR) is 94.7 cm³/mol. The highest BCUT2D eigenvalue weighted by Gasteiger charge is 1.99. The van der Waals surface area contributed by atoms with Gasteiger partial charge in [-0.15, -0.1) is 6.58 Å². The molecule has 0 aliphatic carbocycles. The molecule has 0 atom stereocenters. The summed E-state index contributed by atoms with van der Waals surface area (Å²) in [5.74, 6) is 0. The van der Waals surface area contributed by atoms with Crippen LogP contribution in [0.15, 0.2) is 48.7 Å². The van der Waals surface area contributed by atoms with Crippen LogP contribution >= 0.6 is 0 Å². The van der Waals surface area contributed by atoms with Crippen LogP contribution in [0.2, 0.25) is 0 Å². The lowest BCUT2D eigenvalue weighted by molar-refractivity contribution is 0.570. The summed E-state index contributed by atoms with van der Waals surface area (Å²) >= 11 is 0. The van der Waals surface area contributed by atoms with E-state index in [1.807, 2.05) is 0 Å². The van der Waals surface area contributed by atoms with E-state index in [4.69, 9.17) is 0 Å². The molecular formula is C19H30N2. The Morgan fingerprint density at radius 1 is 1.10 bits per heavy atom. The lowest BCUT2D eigenvalue weighted by Gasteiger charge is -2.12. The van der Waals surface area contributed by atoms with Crippen molar-refractivity contribution in [1.29, 1.82) is 0 Å². The van der Waals surface area contributed by atoms with E-state index in [0.717, 1.165) is 43.6 Å². The maximum absolute atomic E-state index is 4.10. The number of anilines is 1. The zero-order chi connectivity index (χ0) is 15.7. The normalized spacial score (nSPS) is 10.7. The Balaban J connectivity index is 2.30. The molecule has 2 heteroatoms. The molecule has 0 saturated carbocycles. The number of nitrogens with one attached hydrogen (secondary N) is 2. The molecule has 21 heavy (non-hydrogen) atoms. The van der Waals surface area contributed by atoms with Gasteiger partial charge in [-0.25, -0.2) is 0 Å². The molecule has 0 aliphatic rings. The molecule has 2 nitrogen and oxygen atoms in total. The number of rotatable bonds is 10. The van der Waals surface area contributed by atoms with Gasteiger partial charge in [0, 0.05) is 17.4 Å². The lowest BCUT2D eigenvalue weighted by atomic mass is 10.1. The maximum Gasteiger partial charge on any atom is 0.0381 e. The van der Waals surface area contributed by atoms with Crippen LogP contribution in [-0.2, 0) is 6.42 Å². The van der Waals surface area contributed by atoms with E-state index >= 15 is 0 Å². The average Bonchev–Trinajstić information content (AvgIpc) is 2.42. The first kappa shape index (κ1) is 17.5. The molecule has 0 aliphatic heterocycles. The second kappa shape index (κ2) is 9.41. The van der Waals surface area contributed by atoms with Gasteiger partial charge in [0.05, 0.1) is 0 Å². The molecule has 0 saturated heterocycles. The summed E-state index contributed by atoms with van der Waals surface area (Å²) in [5.41, 5.74) is 4.79. The number of benzene rings is 1. The first-order chi connectivity index (χ1) is 9.97. The minimum absolute atomic E-state index is 0.554. The summed E-state index contributed by atoms with van der Waals surface area (Å²) in [4.78, 5) is 0. The third-order valence-corrected chi connectivity index (χ3v) is 3.32. The zero-order valence-corrected chi connectivity index (χ0v) is 13.8. The summed E-state index contributed by atoms with van der Waals surface area (Å²) < 4.78 is 0. The Kier molecular flexibility index (Phi) is 7.84. The van der Waals surface area contributed by atoms with Crippen molar-refractivity contribution in [3.8, 4) is 0 Å². The van der Waals surface area contributed by atoms with E-state index in [1.54, 1.807) is 0 Å². The van der Waals surface area contributed by atoms with Gasteiger partial charge in [0.25, 0.3) is 0 Å². The van der Waals surface area contributed by atoms with Gasteiger partial charge in [-0.2, -0.15) is 0 Å². The smallest absolute Gasteiger partial charge is 0.0381 e. The molecule has 0 unspecified atom stereocenters. The van der Waals surface area contributed by atoms with Gasteiger partial charge in [0.15, 0.2) is 0 Å². The van der Waals surface area contributed by atoms with Crippen LogP contribution in [0.5, 0.6) is 0 Å². The van der Waals surface area contributed by atoms with Crippen LogP contribution in [0.25, 0.3) is 0 Å². The van der Waals surface area contributed by atoms with Gasteiger partial charge in [0.2, 0.25) is 0 Å². The highest BCUT2D eigenvalue weighted by molar-refractivity contribution is 5.48.